The van der Waals surface area contributed by atoms with Crippen LogP contribution in [0.4, 0.5) is 27.9 Å². The fourth-order valence-electron chi connectivity index (χ4n) is 4.74. The van der Waals surface area contributed by atoms with Crippen molar-refractivity contribution in [3.63, 3.8) is 0 Å². The Morgan fingerprint density at radius 1 is 1.03 bits per heavy atom. The summed E-state index contributed by atoms with van der Waals surface area (Å²) < 4.78 is 24.6. The molecule has 0 radical (unpaired) electrons. The van der Waals surface area contributed by atoms with Crippen LogP contribution in [0.1, 0.15) is 51.4 Å². The van der Waals surface area contributed by atoms with E-state index in [1.807, 2.05) is 7.05 Å². The highest BCUT2D eigenvalue weighted by Gasteiger charge is 2.24. The molecule has 1 aromatic heterocycles. The molecule has 4 rings (SSSR count). The molecule has 1 aromatic carbocycles. The van der Waals surface area contributed by atoms with Crippen molar-refractivity contribution in [2.24, 2.45) is 0 Å². The van der Waals surface area contributed by atoms with Crippen molar-refractivity contribution in [3.05, 3.63) is 24.0 Å². The highest BCUT2D eigenvalue weighted by atomic mass is 19.1. The molecule has 1 aliphatic heterocycles. The first-order chi connectivity index (χ1) is 17.0. The number of hydrogen-bond donors (Lipinski definition) is 2. The van der Waals surface area contributed by atoms with E-state index < -0.39 is 5.82 Å². The molecular weight excluding hydrogens is 449 g/mol. The van der Waals surface area contributed by atoms with Gasteiger partial charge in [0.05, 0.1) is 0 Å². The van der Waals surface area contributed by atoms with Crippen LogP contribution in [0.2, 0.25) is 0 Å². The summed E-state index contributed by atoms with van der Waals surface area (Å²) in [5.74, 6) is 1.21. The summed E-state index contributed by atoms with van der Waals surface area (Å²) in [6.45, 7) is 2.09. The number of benzene rings is 1. The molecule has 0 atom stereocenters. The molecule has 1 saturated carbocycles. The van der Waals surface area contributed by atoms with Crippen LogP contribution in [-0.2, 0) is 4.74 Å². The van der Waals surface area contributed by atoms with E-state index in [0.717, 1.165) is 38.8 Å². The largest absolute Gasteiger partial charge is 0.464 e. The van der Waals surface area contributed by atoms with E-state index in [4.69, 9.17) is 19.4 Å². The first-order valence-corrected chi connectivity index (χ1v) is 12.6. The van der Waals surface area contributed by atoms with Crippen molar-refractivity contribution in [2.45, 2.75) is 63.5 Å². The van der Waals surface area contributed by atoms with Crippen molar-refractivity contribution in [1.82, 2.24) is 19.9 Å². The number of rotatable bonds is 9. The second-order valence-electron chi connectivity index (χ2n) is 9.58. The minimum atomic E-state index is -0.485. The Labute approximate surface area is 207 Å². The standard InChI is InChI=1S/C25H38FN7O2/c1-32-14-12-20(13-15-32)33(2)25-30-23(27-18-8-6-4-5-7-9-18)29-24(31-25)28-19-10-11-22(21(26)16-19)35-17-34-3/h10-11,16,18,20H,4-9,12-15,17H2,1-3H3,(H2,27,28,29,30,31). The Bertz CT molecular complexity index is 947. The van der Waals surface area contributed by atoms with Gasteiger partial charge in [0, 0.05) is 38.0 Å². The van der Waals surface area contributed by atoms with Gasteiger partial charge >= 0.3 is 0 Å². The van der Waals surface area contributed by atoms with Crippen LogP contribution in [0, 0.1) is 5.82 Å². The molecule has 2 fully saturated rings. The fourth-order valence-corrected chi connectivity index (χ4v) is 4.74. The van der Waals surface area contributed by atoms with E-state index in [9.17, 15) is 4.39 Å². The van der Waals surface area contributed by atoms with E-state index in [-0.39, 0.29) is 12.5 Å². The summed E-state index contributed by atoms with van der Waals surface area (Å²) in [6.07, 6.45) is 9.33. The number of hydrogen-bond acceptors (Lipinski definition) is 9. The SMILES string of the molecule is COCOc1ccc(Nc2nc(NC3CCCCCC3)nc(N(C)C3CCN(C)CC3)n2)cc1F. The van der Waals surface area contributed by atoms with Gasteiger partial charge in [0.1, 0.15) is 0 Å². The monoisotopic (exact) mass is 487 g/mol. The molecule has 0 amide bonds. The molecule has 2 N–H and O–H groups in total. The van der Waals surface area contributed by atoms with Crippen LogP contribution < -0.4 is 20.3 Å². The highest BCUT2D eigenvalue weighted by Crippen LogP contribution is 2.26. The summed E-state index contributed by atoms with van der Waals surface area (Å²) in [6, 6.07) is 5.38. The van der Waals surface area contributed by atoms with E-state index in [2.05, 4.69) is 32.5 Å². The first kappa shape index (κ1) is 25.4. The smallest absolute Gasteiger partial charge is 0.233 e. The van der Waals surface area contributed by atoms with Gasteiger partial charge in [-0.1, -0.05) is 25.7 Å². The maximum atomic E-state index is 14.5. The lowest BCUT2D eigenvalue weighted by molar-refractivity contribution is 0.0483. The minimum Gasteiger partial charge on any atom is -0.464 e. The number of aromatic nitrogens is 3. The van der Waals surface area contributed by atoms with Crippen LogP contribution in [0.15, 0.2) is 18.2 Å². The number of anilines is 4. The lowest BCUT2D eigenvalue weighted by Crippen LogP contribution is -2.42. The van der Waals surface area contributed by atoms with E-state index in [1.54, 1.807) is 12.1 Å². The van der Waals surface area contributed by atoms with Crippen molar-refractivity contribution in [3.8, 4) is 5.75 Å². The van der Waals surface area contributed by atoms with Gasteiger partial charge in [-0.15, -0.1) is 0 Å². The van der Waals surface area contributed by atoms with Crippen LogP contribution >= 0.6 is 0 Å². The lowest BCUT2D eigenvalue weighted by Gasteiger charge is -2.35. The van der Waals surface area contributed by atoms with Gasteiger partial charge in [-0.25, -0.2) is 4.39 Å². The second kappa shape index (κ2) is 12.3. The number of methoxy groups -OCH3 is 1. The number of nitrogens with one attached hydrogen (secondary N) is 2. The van der Waals surface area contributed by atoms with Crippen LogP contribution in [0.5, 0.6) is 5.75 Å². The molecule has 0 spiro atoms. The van der Waals surface area contributed by atoms with Crippen LogP contribution in [0.3, 0.4) is 0 Å². The Morgan fingerprint density at radius 2 is 1.74 bits per heavy atom. The van der Waals surface area contributed by atoms with E-state index >= 15 is 0 Å². The molecule has 1 aliphatic carbocycles. The summed E-state index contributed by atoms with van der Waals surface area (Å²) in [4.78, 5) is 18.6. The lowest BCUT2D eigenvalue weighted by atomic mass is 10.0. The average Bonchev–Trinajstić information content (AvgIpc) is 3.12. The maximum absolute atomic E-state index is 14.5. The molecular formula is C25H38FN7O2. The second-order valence-corrected chi connectivity index (χ2v) is 9.58. The third-order valence-electron chi connectivity index (χ3n) is 6.88. The molecule has 9 nitrogen and oxygen atoms in total. The van der Waals surface area contributed by atoms with Gasteiger partial charge < -0.3 is 29.9 Å². The maximum Gasteiger partial charge on any atom is 0.233 e. The molecule has 1 saturated heterocycles. The molecule has 192 valence electrons. The molecule has 2 aromatic rings. The zero-order chi connectivity index (χ0) is 24.6. The number of piperidine rings is 1. The van der Waals surface area contributed by atoms with E-state index in [0.29, 0.717) is 35.6 Å². The van der Waals surface area contributed by atoms with Crippen molar-refractivity contribution in [1.29, 1.82) is 0 Å². The zero-order valence-corrected chi connectivity index (χ0v) is 21.1. The third-order valence-corrected chi connectivity index (χ3v) is 6.88. The molecule has 2 heterocycles. The number of halogens is 1. The number of ether oxygens (including phenoxy) is 2. The van der Waals surface area contributed by atoms with Gasteiger partial charge in [-0.2, -0.15) is 15.0 Å². The number of nitrogens with zero attached hydrogens (tertiary/aromatic N) is 5. The van der Waals surface area contributed by atoms with Gasteiger partial charge in [0.25, 0.3) is 0 Å². The van der Waals surface area contributed by atoms with Gasteiger partial charge in [-0.3, -0.25) is 0 Å². The Hall–Kier alpha value is -2.72. The topological polar surface area (TPSA) is 87.7 Å². The zero-order valence-electron chi connectivity index (χ0n) is 21.1. The summed E-state index contributed by atoms with van der Waals surface area (Å²) >= 11 is 0. The van der Waals surface area contributed by atoms with Crippen molar-refractivity contribution >= 4 is 23.5 Å². The van der Waals surface area contributed by atoms with Crippen LogP contribution in [0.25, 0.3) is 0 Å². The highest BCUT2D eigenvalue weighted by molar-refractivity contribution is 5.57. The molecule has 0 bridgehead atoms. The predicted octanol–water partition coefficient (Wildman–Crippen LogP) is 4.40. The normalized spacial score (nSPS) is 18.2. The van der Waals surface area contributed by atoms with Crippen LogP contribution in [-0.4, -0.2) is 73.0 Å². The minimum absolute atomic E-state index is 0.0139. The Balaban J connectivity index is 1.56. The van der Waals surface area contributed by atoms with Gasteiger partial charge in [-0.05, 0) is 58.0 Å². The summed E-state index contributed by atoms with van der Waals surface area (Å²) in [5.41, 5.74) is 0.534. The fraction of sp³-hybridized carbons (Fsp3) is 0.640. The molecule has 10 heteroatoms. The van der Waals surface area contributed by atoms with Crippen molar-refractivity contribution < 1.29 is 13.9 Å². The van der Waals surface area contributed by atoms with Crippen molar-refractivity contribution in [2.75, 3.05) is 56.6 Å². The third kappa shape index (κ3) is 7.14. The van der Waals surface area contributed by atoms with Gasteiger partial charge in [0.15, 0.2) is 18.4 Å². The molecule has 2 aliphatic rings. The first-order valence-electron chi connectivity index (χ1n) is 12.6. The summed E-state index contributed by atoms with van der Waals surface area (Å²) in [7, 11) is 5.70. The Kier molecular flexibility index (Phi) is 8.92. The molecule has 0 unspecified atom stereocenters. The summed E-state index contributed by atoms with van der Waals surface area (Å²) in [5, 5.41) is 6.71. The average molecular weight is 488 g/mol. The quantitative estimate of drug-likeness (QED) is 0.395. The van der Waals surface area contributed by atoms with E-state index in [1.165, 1.54) is 38.9 Å². The Morgan fingerprint density at radius 3 is 2.43 bits per heavy atom. The van der Waals surface area contributed by atoms with Gasteiger partial charge in [0.2, 0.25) is 17.8 Å². The molecule has 35 heavy (non-hydrogen) atoms. The number of likely N-dealkylation sites (tertiary alicyclic amines) is 1. The predicted molar refractivity (Wildman–Crippen MR) is 136 cm³/mol.